The van der Waals surface area contributed by atoms with Crippen molar-refractivity contribution < 1.29 is 4.79 Å². The Morgan fingerprint density at radius 1 is 1.00 bits per heavy atom. The number of para-hydroxylation sites is 1. The van der Waals surface area contributed by atoms with Gasteiger partial charge in [-0.25, -0.2) is 0 Å². The zero-order valence-electron chi connectivity index (χ0n) is 9.77. The summed E-state index contributed by atoms with van der Waals surface area (Å²) in [6, 6.07) is 13.7. The molecular weight excluding hydrogens is 246 g/mol. The molecule has 0 spiro atoms. The Labute approximate surface area is 111 Å². The van der Waals surface area contributed by atoms with E-state index in [4.69, 9.17) is 11.6 Å². The molecule has 2 aromatic rings. The van der Waals surface area contributed by atoms with Crippen LogP contribution in [0.15, 0.2) is 42.5 Å². The third-order valence-corrected chi connectivity index (χ3v) is 3.61. The van der Waals surface area contributed by atoms with Gasteiger partial charge < -0.3 is 4.90 Å². The average Bonchev–Trinajstić information content (AvgIpc) is 2.81. The molecule has 0 saturated heterocycles. The lowest BCUT2D eigenvalue weighted by atomic mass is 10.1. The van der Waals surface area contributed by atoms with Gasteiger partial charge in [-0.1, -0.05) is 41.9 Å². The maximum Gasteiger partial charge on any atom is 0.152 e. The molecule has 0 saturated carbocycles. The third-order valence-electron chi connectivity index (χ3n) is 3.30. The van der Waals surface area contributed by atoms with Gasteiger partial charge in [-0.05, 0) is 23.3 Å². The van der Waals surface area contributed by atoms with Gasteiger partial charge in [0.25, 0.3) is 0 Å². The number of anilines is 1. The Morgan fingerprint density at radius 3 is 2.28 bits per heavy atom. The quantitative estimate of drug-likeness (QED) is 0.765. The van der Waals surface area contributed by atoms with Gasteiger partial charge in [-0.3, -0.25) is 4.79 Å². The summed E-state index contributed by atoms with van der Waals surface area (Å²) >= 11 is 6.23. The molecule has 3 rings (SSSR count). The number of fused-ring (bicyclic) bond motifs is 1. The van der Waals surface area contributed by atoms with Gasteiger partial charge in [0, 0.05) is 18.7 Å². The van der Waals surface area contributed by atoms with Crippen LogP contribution in [0.5, 0.6) is 0 Å². The molecular formula is C15H12ClNO. The minimum absolute atomic E-state index is 0.632. The first-order chi connectivity index (χ1) is 8.79. The molecule has 3 heteroatoms. The van der Waals surface area contributed by atoms with E-state index in [1.54, 1.807) is 12.1 Å². The molecule has 0 amide bonds. The number of hydrogen-bond acceptors (Lipinski definition) is 2. The standard InChI is InChI=1S/C15H12ClNO/c16-14-7-3-6-13(10-18)15(14)17-8-11-4-1-2-5-12(11)9-17/h1-7,10H,8-9H2. The molecule has 0 fully saturated rings. The molecule has 2 nitrogen and oxygen atoms in total. The first kappa shape index (κ1) is 11.3. The number of benzene rings is 2. The predicted octanol–water partition coefficient (Wildman–Crippen LogP) is 3.67. The van der Waals surface area contributed by atoms with E-state index in [9.17, 15) is 4.79 Å². The van der Waals surface area contributed by atoms with Crippen LogP contribution < -0.4 is 4.90 Å². The highest BCUT2D eigenvalue weighted by Crippen LogP contribution is 2.35. The number of carbonyl (C=O) groups is 1. The van der Waals surface area contributed by atoms with Crippen molar-refractivity contribution in [3.63, 3.8) is 0 Å². The van der Waals surface area contributed by atoms with E-state index in [1.807, 2.05) is 18.2 Å². The first-order valence-electron chi connectivity index (χ1n) is 5.85. The monoisotopic (exact) mass is 257 g/mol. The van der Waals surface area contributed by atoms with Crippen molar-refractivity contribution in [3.8, 4) is 0 Å². The molecule has 0 bridgehead atoms. The first-order valence-corrected chi connectivity index (χ1v) is 6.23. The lowest BCUT2D eigenvalue weighted by Gasteiger charge is -2.21. The summed E-state index contributed by atoms with van der Waals surface area (Å²) in [5.74, 6) is 0. The van der Waals surface area contributed by atoms with Crippen molar-refractivity contribution in [1.29, 1.82) is 0 Å². The van der Waals surface area contributed by atoms with Crippen LogP contribution in [0.2, 0.25) is 5.02 Å². The van der Waals surface area contributed by atoms with E-state index >= 15 is 0 Å². The highest BCUT2D eigenvalue weighted by atomic mass is 35.5. The summed E-state index contributed by atoms with van der Waals surface area (Å²) < 4.78 is 0. The summed E-state index contributed by atoms with van der Waals surface area (Å²) in [5.41, 5.74) is 4.09. The minimum Gasteiger partial charge on any atom is -0.361 e. The summed E-state index contributed by atoms with van der Waals surface area (Å²) in [4.78, 5) is 13.3. The van der Waals surface area contributed by atoms with Crippen LogP contribution >= 0.6 is 11.6 Å². The van der Waals surface area contributed by atoms with Gasteiger partial charge >= 0.3 is 0 Å². The fourth-order valence-corrected chi connectivity index (χ4v) is 2.75. The number of carbonyl (C=O) groups excluding carboxylic acids is 1. The minimum atomic E-state index is 0.632. The van der Waals surface area contributed by atoms with Gasteiger partial charge in [-0.15, -0.1) is 0 Å². The molecule has 1 heterocycles. The number of rotatable bonds is 2. The number of aldehydes is 1. The maximum atomic E-state index is 11.1. The van der Waals surface area contributed by atoms with Crippen LogP contribution in [-0.2, 0) is 13.1 Å². The molecule has 0 radical (unpaired) electrons. The Kier molecular flexibility index (Phi) is 2.80. The molecule has 0 N–H and O–H groups in total. The fourth-order valence-electron chi connectivity index (χ4n) is 2.45. The molecule has 0 aromatic heterocycles. The fraction of sp³-hybridized carbons (Fsp3) is 0.133. The lowest BCUT2D eigenvalue weighted by molar-refractivity contribution is 0.112. The van der Waals surface area contributed by atoms with E-state index in [-0.39, 0.29) is 0 Å². The van der Waals surface area contributed by atoms with E-state index in [0.29, 0.717) is 10.6 Å². The smallest absolute Gasteiger partial charge is 0.152 e. The van der Waals surface area contributed by atoms with Crippen LogP contribution in [0.3, 0.4) is 0 Å². The Bertz CT molecular complexity index is 584. The SMILES string of the molecule is O=Cc1cccc(Cl)c1N1Cc2ccccc2C1. The van der Waals surface area contributed by atoms with Crippen LogP contribution in [0, 0.1) is 0 Å². The van der Waals surface area contributed by atoms with Gasteiger partial charge in [0.05, 0.1) is 10.7 Å². The van der Waals surface area contributed by atoms with Crippen LogP contribution in [0.25, 0.3) is 0 Å². The van der Waals surface area contributed by atoms with Crippen molar-refractivity contribution >= 4 is 23.6 Å². The molecule has 0 aliphatic carbocycles. The second kappa shape index (κ2) is 4.46. The van der Waals surface area contributed by atoms with Crippen LogP contribution in [-0.4, -0.2) is 6.29 Å². The molecule has 0 atom stereocenters. The number of halogens is 1. The van der Waals surface area contributed by atoms with Gasteiger partial charge in [0.1, 0.15) is 0 Å². The van der Waals surface area contributed by atoms with E-state index in [2.05, 4.69) is 17.0 Å². The van der Waals surface area contributed by atoms with E-state index in [1.165, 1.54) is 11.1 Å². The zero-order chi connectivity index (χ0) is 12.5. The molecule has 1 aliphatic rings. The van der Waals surface area contributed by atoms with Crippen molar-refractivity contribution in [2.45, 2.75) is 13.1 Å². The van der Waals surface area contributed by atoms with Gasteiger partial charge in [0.15, 0.2) is 6.29 Å². The molecule has 0 unspecified atom stereocenters. The molecule has 18 heavy (non-hydrogen) atoms. The lowest BCUT2D eigenvalue weighted by Crippen LogP contribution is -2.16. The van der Waals surface area contributed by atoms with Crippen molar-refractivity contribution in [2.75, 3.05) is 4.90 Å². The number of hydrogen-bond donors (Lipinski definition) is 0. The Morgan fingerprint density at radius 2 is 1.67 bits per heavy atom. The second-order valence-electron chi connectivity index (χ2n) is 4.42. The largest absolute Gasteiger partial charge is 0.361 e. The Hall–Kier alpha value is -1.80. The second-order valence-corrected chi connectivity index (χ2v) is 4.83. The van der Waals surface area contributed by atoms with Crippen molar-refractivity contribution in [3.05, 3.63) is 64.2 Å². The predicted molar refractivity (Wildman–Crippen MR) is 73.2 cm³/mol. The van der Waals surface area contributed by atoms with Gasteiger partial charge in [0.2, 0.25) is 0 Å². The van der Waals surface area contributed by atoms with Crippen molar-refractivity contribution in [2.24, 2.45) is 0 Å². The topological polar surface area (TPSA) is 20.3 Å². The Balaban J connectivity index is 2.02. The zero-order valence-corrected chi connectivity index (χ0v) is 10.5. The maximum absolute atomic E-state index is 11.1. The summed E-state index contributed by atoms with van der Waals surface area (Å²) in [7, 11) is 0. The van der Waals surface area contributed by atoms with Crippen molar-refractivity contribution in [1.82, 2.24) is 0 Å². The average molecular weight is 258 g/mol. The molecule has 1 aliphatic heterocycles. The van der Waals surface area contributed by atoms with Crippen LogP contribution in [0.4, 0.5) is 5.69 Å². The third kappa shape index (κ3) is 1.79. The summed E-state index contributed by atoms with van der Waals surface area (Å²) in [6.45, 7) is 1.61. The summed E-state index contributed by atoms with van der Waals surface area (Å²) in [6.07, 6.45) is 0.865. The number of nitrogens with zero attached hydrogens (tertiary/aromatic N) is 1. The van der Waals surface area contributed by atoms with Gasteiger partial charge in [-0.2, -0.15) is 0 Å². The van der Waals surface area contributed by atoms with E-state index < -0.39 is 0 Å². The molecule has 2 aromatic carbocycles. The molecule has 90 valence electrons. The highest BCUT2D eigenvalue weighted by Gasteiger charge is 2.22. The van der Waals surface area contributed by atoms with E-state index in [0.717, 1.165) is 25.1 Å². The summed E-state index contributed by atoms with van der Waals surface area (Å²) in [5, 5.41) is 0.632. The van der Waals surface area contributed by atoms with Crippen LogP contribution in [0.1, 0.15) is 21.5 Å². The highest BCUT2D eigenvalue weighted by molar-refractivity contribution is 6.33. The normalized spacial score (nSPS) is 13.5.